The van der Waals surface area contributed by atoms with Crippen molar-refractivity contribution < 1.29 is 22.7 Å². The van der Waals surface area contributed by atoms with Gasteiger partial charge in [0.15, 0.2) is 0 Å². The number of amides is 1. The quantitative estimate of drug-likeness (QED) is 0.736. The highest BCUT2D eigenvalue weighted by atomic mass is 32.2. The first-order valence-corrected chi connectivity index (χ1v) is 10.5. The molecule has 2 rings (SSSR count). The van der Waals surface area contributed by atoms with Crippen LogP contribution in [0.3, 0.4) is 0 Å². The molecule has 1 aliphatic heterocycles. The molecular formula is C18H28N2O5S. The fraction of sp³-hybridized carbons (Fsp3) is 0.611. The van der Waals surface area contributed by atoms with Crippen LogP contribution in [-0.4, -0.2) is 57.2 Å². The van der Waals surface area contributed by atoms with Crippen LogP contribution in [0.25, 0.3) is 0 Å². The lowest BCUT2D eigenvalue weighted by Gasteiger charge is -2.31. The maximum absolute atomic E-state index is 12.5. The Bertz CT molecular complexity index is 690. The number of hydrogen-bond donors (Lipinski definition) is 1. The summed E-state index contributed by atoms with van der Waals surface area (Å²) in [4.78, 5) is 12.5. The van der Waals surface area contributed by atoms with Crippen molar-refractivity contribution in [3.8, 4) is 11.5 Å². The number of ether oxygens (including phenoxy) is 2. The van der Waals surface area contributed by atoms with E-state index in [0.29, 0.717) is 31.7 Å². The number of rotatable bonds is 8. The van der Waals surface area contributed by atoms with Gasteiger partial charge in [-0.2, -0.15) is 0 Å². The first kappa shape index (κ1) is 20.5. The molecular weight excluding hydrogens is 356 g/mol. The zero-order chi connectivity index (χ0) is 19.2. The third-order valence-electron chi connectivity index (χ3n) is 4.46. The van der Waals surface area contributed by atoms with Crippen molar-refractivity contribution in [2.45, 2.75) is 32.7 Å². The number of sulfonamides is 1. The van der Waals surface area contributed by atoms with Gasteiger partial charge in [-0.25, -0.2) is 12.7 Å². The van der Waals surface area contributed by atoms with Crippen molar-refractivity contribution in [1.29, 1.82) is 0 Å². The average Bonchev–Trinajstić information content (AvgIpc) is 2.66. The molecule has 1 fully saturated rings. The van der Waals surface area contributed by atoms with E-state index in [-0.39, 0.29) is 30.2 Å². The Hall–Kier alpha value is -1.80. The fourth-order valence-electron chi connectivity index (χ4n) is 2.89. The van der Waals surface area contributed by atoms with Crippen LogP contribution in [0, 0.1) is 5.92 Å². The molecule has 1 heterocycles. The lowest BCUT2D eigenvalue weighted by molar-refractivity contribution is -0.126. The van der Waals surface area contributed by atoms with Gasteiger partial charge in [0.25, 0.3) is 0 Å². The molecule has 8 heteroatoms. The Morgan fingerprint density at radius 1 is 1.31 bits per heavy atom. The normalized spacial score (nSPS) is 19.6. The topological polar surface area (TPSA) is 84.9 Å². The van der Waals surface area contributed by atoms with Gasteiger partial charge in [-0.3, -0.25) is 4.79 Å². The Labute approximate surface area is 155 Å². The smallest absolute Gasteiger partial charge is 0.224 e. The number of piperidine rings is 1. The van der Waals surface area contributed by atoms with E-state index in [2.05, 4.69) is 5.32 Å². The second-order valence-electron chi connectivity index (χ2n) is 6.49. The van der Waals surface area contributed by atoms with Crippen molar-refractivity contribution >= 4 is 15.9 Å². The third kappa shape index (κ3) is 5.60. The van der Waals surface area contributed by atoms with Crippen LogP contribution in [0.1, 0.15) is 26.7 Å². The number of hydrogen-bond acceptors (Lipinski definition) is 5. The molecule has 146 valence electrons. The van der Waals surface area contributed by atoms with Crippen molar-refractivity contribution in [1.82, 2.24) is 9.62 Å². The first-order valence-electron chi connectivity index (χ1n) is 8.90. The van der Waals surface area contributed by atoms with Crippen molar-refractivity contribution in [3.63, 3.8) is 0 Å². The Kier molecular flexibility index (Phi) is 7.28. The van der Waals surface area contributed by atoms with Crippen molar-refractivity contribution in [2.24, 2.45) is 5.92 Å². The molecule has 7 nitrogen and oxygen atoms in total. The van der Waals surface area contributed by atoms with Gasteiger partial charge >= 0.3 is 0 Å². The largest absolute Gasteiger partial charge is 0.497 e. The van der Waals surface area contributed by atoms with Gasteiger partial charge in [-0.15, -0.1) is 0 Å². The van der Waals surface area contributed by atoms with E-state index in [0.717, 1.165) is 5.75 Å². The van der Waals surface area contributed by atoms with Crippen molar-refractivity contribution in [3.05, 3.63) is 24.3 Å². The van der Waals surface area contributed by atoms with Crippen LogP contribution in [0.4, 0.5) is 0 Å². The maximum atomic E-state index is 12.5. The molecule has 2 atom stereocenters. The minimum Gasteiger partial charge on any atom is -0.497 e. The molecule has 1 aliphatic rings. The lowest BCUT2D eigenvalue weighted by atomic mass is 9.98. The second kappa shape index (κ2) is 9.23. The van der Waals surface area contributed by atoms with E-state index in [1.807, 2.05) is 31.2 Å². The molecule has 0 aromatic heterocycles. The van der Waals surface area contributed by atoms with E-state index >= 15 is 0 Å². The first-order chi connectivity index (χ1) is 12.4. The van der Waals surface area contributed by atoms with Gasteiger partial charge < -0.3 is 14.8 Å². The molecule has 1 aromatic rings. The molecule has 1 N–H and O–H groups in total. The molecule has 26 heavy (non-hydrogen) atoms. The van der Waals surface area contributed by atoms with Crippen LogP contribution in [-0.2, 0) is 14.8 Å². The minimum absolute atomic E-state index is 0.0629. The van der Waals surface area contributed by atoms with E-state index < -0.39 is 10.0 Å². The summed E-state index contributed by atoms with van der Waals surface area (Å²) in [6, 6.07) is 7.05. The molecule has 0 saturated carbocycles. The summed E-state index contributed by atoms with van der Waals surface area (Å²) in [7, 11) is -1.65. The fourth-order valence-corrected chi connectivity index (χ4v) is 4.07. The standard InChI is InChI=1S/C18H28N2O5S/c1-4-26(22,23)20-11-5-6-15(12-20)18(21)19-14(2)13-25-17-9-7-16(24-3)8-10-17/h7-10,14-15H,4-6,11-13H2,1-3H3,(H,19,21)/t14-,15-/m0/s1. The summed E-state index contributed by atoms with van der Waals surface area (Å²) in [5.74, 6) is 1.08. The summed E-state index contributed by atoms with van der Waals surface area (Å²) in [6.45, 7) is 4.58. The highest BCUT2D eigenvalue weighted by Crippen LogP contribution is 2.20. The average molecular weight is 384 g/mol. The minimum atomic E-state index is -3.25. The summed E-state index contributed by atoms with van der Waals surface area (Å²) >= 11 is 0. The summed E-state index contributed by atoms with van der Waals surface area (Å²) in [5, 5.41) is 2.92. The van der Waals surface area contributed by atoms with Crippen LogP contribution in [0.5, 0.6) is 11.5 Å². The zero-order valence-electron chi connectivity index (χ0n) is 15.6. The summed E-state index contributed by atoms with van der Waals surface area (Å²) in [6.07, 6.45) is 1.40. The van der Waals surface area contributed by atoms with E-state index in [1.54, 1.807) is 14.0 Å². The monoisotopic (exact) mass is 384 g/mol. The summed E-state index contributed by atoms with van der Waals surface area (Å²) in [5.41, 5.74) is 0. The number of carbonyl (C=O) groups excluding carboxylic acids is 1. The van der Waals surface area contributed by atoms with Gasteiger partial charge in [0.05, 0.1) is 24.8 Å². The zero-order valence-corrected chi connectivity index (χ0v) is 16.4. The number of nitrogens with zero attached hydrogens (tertiary/aromatic N) is 1. The second-order valence-corrected chi connectivity index (χ2v) is 8.75. The van der Waals surface area contributed by atoms with Crippen molar-refractivity contribution in [2.75, 3.05) is 32.6 Å². The molecule has 0 radical (unpaired) electrons. The molecule has 0 unspecified atom stereocenters. The van der Waals surface area contributed by atoms with Crippen LogP contribution in [0.15, 0.2) is 24.3 Å². The van der Waals surface area contributed by atoms with Crippen LogP contribution in [0.2, 0.25) is 0 Å². The highest BCUT2D eigenvalue weighted by molar-refractivity contribution is 7.89. The SMILES string of the molecule is CCS(=O)(=O)N1CCC[C@H](C(=O)N[C@@H](C)COc2ccc(OC)cc2)C1. The number of carbonyl (C=O) groups is 1. The molecule has 1 amide bonds. The van der Waals surface area contributed by atoms with Gasteiger partial charge in [-0.05, 0) is 51.0 Å². The lowest BCUT2D eigenvalue weighted by Crippen LogP contribution is -2.48. The molecule has 0 spiro atoms. The van der Waals surface area contributed by atoms with Crippen LogP contribution >= 0.6 is 0 Å². The molecule has 1 saturated heterocycles. The number of methoxy groups -OCH3 is 1. The van der Waals surface area contributed by atoms with Gasteiger partial charge in [0.1, 0.15) is 18.1 Å². The summed E-state index contributed by atoms with van der Waals surface area (Å²) < 4.78 is 36.2. The highest BCUT2D eigenvalue weighted by Gasteiger charge is 2.31. The van der Waals surface area contributed by atoms with E-state index in [9.17, 15) is 13.2 Å². The van der Waals surface area contributed by atoms with Gasteiger partial charge in [0, 0.05) is 13.1 Å². The van der Waals surface area contributed by atoms with Crippen LogP contribution < -0.4 is 14.8 Å². The Morgan fingerprint density at radius 2 is 1.96 bits per heavy atom. The number of nitrogens with one attached hydrogen (secondary N) is 1. The Balaban J connectivity index is 1.82. The van der Waals surface area contributed by atoms with E-state index in [4.69, 9.17) is 9.47 Å². The third-order valence-corrected chi connectivity index (χ3v) is 6.31. The number of benzene rings is 1. The predicted octanol–water partition coefficient (Wildman–Crippen LogP) is 1.64. The Morgan fingerprint density at radius 3 is 2.58 bits per heavy atom. The maximum Gasteiger partial charge on any atom is 0.224 e. The van der Waals surface area contributed by atoms with E-state index in [1.165, 1.54) is 4.31 Å². The molecule has 0 aliphatic carbocycles. The molecule has 0 bridgehead atoms. The van der Waals surface area contributed by atoms with Gasteiger partial charge in [0.2, 0.25) is 15.9 Å². The predicted molar refractivity (Wildman–Crippen MR) is 99.9 cm³/mol. The van der Waals surface area contributed by atoms with Gasteiger partial charge in [-0.1, -0.05) is 0 Å². The molecule has 1 aromatic carbocycles.